The molecule has 0 radical (unpaired) electrons. The van der Waals surface area contributed by atoms with E-state index in [0.29, 0.717) is 0 Å². The predicted molar refractivity (Wildman–Crippen MR) is 65.9 cm³/mol. The number of benzene rings is 1. The molecule has 1 saturated carbocycles. The van der Waals surface area contributed by atoms with Crippen molar-refractivity contribution in [1.82, 2.24) is 4.98 Å². The number of anilines is 1. The molecule has 1 aromatic heterocycles. The second-order valence-electron chi connectivity index (χ2n) is 4.90. The van der Waals surface area contributed by atoms with E-state index in [-0.39, 0.29) is 12.0 Å². The van der Waals surface area contributed by atoms with Crippen molar-refractivity contribution in [2.45, 2.75) is 19.3 Å². The number of oxazole rings is 1. The second-order valence-corrected chi connectivity index (χ2v) is 4.90. The molecular weight excluding hydrogens is 216 g/mol. The van der Waals surface area contributed by atoms with Crippen LogP contribution in [0.4, 0.5) is 5.69 Å². The van der Waals surface area contributed by atoms with Gasteiger partial charge in [0, 0.05) is 23.7 Å². The lowest BCUT2D eigenvalue weighted by Crippen LogP contribution is -2.39. The van der Waals surface area contributed by atoms with E-state index in [1.54, 1.807) is 0 Å². The van der Waals surface area contributed by atoms with Crippen molar-refractivity contribution >= 4 is 16.8 Å². The average molecular weight is 232 g/mol. The molecule has 0 unspecified atom stereocenters. The molecule has 0 amide bonds. The van der Waals surface area contributed by atoms with Crippen LogP contribution in [0.5, 0.6) is 0 Å². The summed E-state index contributed by atoms with van der Waals surface area (Å²) in [5.74, 6) is 0. The zero-order valence-corrected chi connectivity index (χ0v) is 9.65. The first-order chi connectivity index (χ1) is 8.31. The maximum Gasteiger partial charge on any atom is 0.181 e. The van der Waals surface area contributed by atoms with Gasteiger partial charge >= 0.3 is 0 Å². The normalized spacial score (nSPS) is 17.9. The highest BCUT2D eigenvalue weighted by Crippen LogP contribution is 2.40. The number of hydrogen-bond donors (Lipinski definition) is 2. The third kappa shape index (κ3) is 1.89. The van der Waals surface area contributed by atoms with Crippen molar-refractivity contribution in [2.75, 3.05) is 18.5 Å². The van der Waals surface area contributed by atoms with Crippen molar-refractivity contribution in [3.05, 3.63) is 24.6 Å². The molecule has 1 aliphatic carbocycles. The van der Waals surface area contributed by atoms with Crippen LogP contribution in [0.2, 0.25) is 0 Å². The van der Waals surface area contributed by atoms with E-state index in [0.717, 1.165) is 36.2 Å². The van der Waals surface area contributed by atoms with Crippen LogP contribution in [-0.4, -0.2) is 23.2 Å². The summed E-state index contributed by atoms with van der Waals surface area (Å²) in [6, 6.07) is 5.88. The fraction of sp³-hybridized carbons (Fsp3) is 0.462. The van der Waals surface area contributed by atoms with Gasteiger partial charge in [-0.2, -0.15) is 0 Å². The van der Waals surface area contributed by atoms with E-state index in [4.69, 9.17) is 4.42 Å². The first kappa shape index (κ1) is 10.6. The van der Waals surface area contributed by atoms with Gasteiger partial charge in [0.15, 0.2) is 12.0 Å². The van der Waals surface area contributed by atoms with E-state index < -0.39 is 0 Å². The van der Waals surface area contributed by atoms with Crippen LogP contribution in [-0.2, 0) is 0 Å². The Kier molecular flexibility index (Phi) is 2.52. The van der Waals surface area contributed by atoms with E-state index in [1.807, 2.05) is 18.2 Å². The first-order valence-electron chi connectivity index (χ1n) is 5.99. The molecule has 1 heterocycles. The Morgan fingerprint density at radius 1 is 1.41 bits per heavy atom. The molecule has 1 aromatic carbocycles. The summed E-state index contributed by atoms with van der Waals surface area (Å²) < 4.78 is 5.26. The molecule has 3 rings (SSSR count). The summed E-state index contributed by atoms with van der Waals surface area (Å²) in [7, 11) is 0. The summed E-state index contributed by atoms with van der Waals surface area (Å²) in [5.41, 5.74) is 2.78. The molecule has 4 nitrogen and oxygen atoms in total. The molecule has 0 atom stereocenters. The fourth-order valence-electron chi connectivity index (χ4n) is 2.32. The van der Waals surface area contributed by atoms with Gasteiger partial charge < -0.3 is 14.8 Å². The molecule has 1 fully saturated rings. The predicted octanol–water partition coefficient (Wildman–Crippen LogP) is 2.40. The average Bonchev–Trinajstić information content (AvgIpc) is 2.75. The third-order valence-electron chi connectivity index (χ3n) is 3.75. The van der Waals surface area contributed by atoms with Crippen molar-refractivity contribution in [3.63, 3.8) is 0 Å². The fourth-order valence-corrected chi connectivity index (χ4v) is 2.32. The SMILES string of the molecule is OCC1(CNc2ccc3ncoc3c2)CCC1. The third-order valence-corrected chi connectivity index (χ3v) is 3.75. The Bertz CT molecular complexity index is 511. The topological polar surface area (TPSA) is 58.3 Å². The number of aliphatic hydroxyl groups is 1. The Morgan fingerprint density at radius 2 is 2.29 bits per heavy atom. The minimum absolute atomic E-state index is 0.0936. The van der Waals surface area contributed by atoms with Crippen molar-refractivity contribution in [2.24, 2.45) is 5.41 Å². The number of nitrogens with zero attached hydrogens (tertiary/aromatic N) is 1. The van der Waals surface area contributed by atoms with Gasteiger partial charge in [-0.25, -0.2) is 4.98 Å². The highest BCUT2D eigenvalue weighted by molar-refractivity contribution is 5.76. The number of nitrogens with one attached hydrogen (secondary N) is 1. The van der Waals surface area contributed by atoms with Crippen molar-refractivity contribution < 1.29 is 9.52 Å². The molecule has 0 bridgehead atoms. The Hall–Kier alpha value is -1.55. The van der Waals surface area contributed by atoms with Crippen LogP contribution in [0.1, 0.15) is 19.3 Å². The lowest BCUT2D eigenvalue weighted by Gasteiger charge is -2.40. The van der Waals surface area contributed by atoms with E-state index in [9.17, 15) is 5.11 Å². The zero-order valence-electron chi connectivity index (χ0n) is 9.65. The minimum Gasteiger partial charge on any atom is -0.443 e. The van der Waals surface area contributed by atoms with Crippen LogP contribution < -0.4 is 5.32 Å². The van der Waals surface area contributed by atoms with Crippen LogP contribution >= 0.6 is 0 Å². The molecule has 0 spiro atoms. The number of rotatable bonds is 4. The number of fused-ring (bicyclic) bond motifs is 1. The zero-order chi connectivity index (χ0) is 11.7. The van der Waals surface area contributed by atoms with E-state index >= 15 is 0 Å². The highest BCUT2D eigenvalue weighted by atomic mass is 16.3. The molecule has 1 aliphatic rings. The van der Waals surface area contributed by atoms with Crippen LogP contribution in [0.15, 0.2) is 29.0 Å². The van der Waals surface area contributed by atoms with Crippen LogP contribution in [0, 0.1) is 5.41 Å². The van der Waals surface area contributed by atoms with Gasteiger partial charge in [0.1, 0.15) is 5.52 Å². The molecule has 0 aliphatic heterocycles. The largest absolute Gasteiger partial charge is 0.443 e. The monoisotopic (exact) mass is 232 g/mol. The van der Waals surface area contributed by atoms with Gasteiger partial charge in [0.05, 0.1) is 6.61 Å². The number of hydrogen-bond acceptors (Lipinski definition) is 4. The van der Waals surface area contributed by atoms with Crippen LogP contribution in [0.3, 0.4) is 0 Å². The lowest BCUT2D eigenvalue weighted by atomic mass is 9.69. The molecule has 17 heavy (non-hydrogen) atoms. The molecule has 4 heteroatoms. The highest BCUT2D eigenvalue weighted by Gasteiger charge is 2.35. The van der Waals surface area contributed by atoms with Gasteiger partial charge in [-0.15, -0.1) is 0 Å². The standard InChI is InChI=1S/C13H16N2O2/c16-8-13(4-1-5-13)7-14-10-2-3-11-12(6-10)17-9-15-11/h2-3,6,9,14,16H,1,4-5,7-8H2. The smallest absolute Gasteiger partial charge is 0.181 e. The summed E-state index contributed by atoms with van der Waals surface area (Å²) in [6.07, 6.45) is 4.90. The quantitative estimate of drug-likeness (QED) is 0.849. The van der Waals surface area contributed by atoms with Crippen molar-refractivity contribution in [3.8, 4) is 0 Å². The van der Waals surface area contributed by atoms with Gasteiger partial charge in [-0.3, -0.25) is 0 Å². The Balaban J connectivity index is 1.71. The first-order valence-corrected chi connectivity index (χ1v) is 5.99. The molecule has 2 N–H and O–H groups in total. The van der Waals surface area contributed by atoms with Crippen LogP contribution in [0.25, 0.3) is 11.1 Å². The van der Waals surface area contributed by atoms with Gasteiger partial charge in [0.2, 0.25) is 0 Å². The maximum atomic E-state index is 9.38. The second kappa shape index (κ2) is 4.04. The Morgan fingerprint density at radius 3 is 3.00 bits per heavy atom. The van der Waals surface area contributed by atoms with Gasteiger partial charge in [-0.1, -0.05) is 6.42 Å². The van der Waals surface area contributed by atoms with Gasteiger partial charge in [-0.05, 0) is 25.0 Å². The van der Waals surface area contributed by atoms with E-state index in [1.165, 1.54) is 12.8 Å². The molecule has 90 valence electrons. The number of aromatic nitrogens is 1. The molecule has 2 aromatic rings. The Labute approximate surface area is 99.7 Å². The molecule has 0 saturated heterocycles. The van der Waals surface area contributed by atoms with Crippen molar-refractivity contribution in [1.29, 1.82) is 0 Å². The maximum absolute atomic E-state index is 9.38. The lowest BCUT2D eigenvalue weighted by molar-refractivity contribution is 0.0576. The molecular formula is C13H16N2O2. The minimum atomic E-state index is 0.0936. The summed E-state index contributed by atoms with van der Waals surface area (Å²) in [4.78, 5) is 4.08. The summed E-state index contributed by atoms with van der Waals surface area (Å²) in [5, 5.41) is 12.8. The van der Waals surface area contributed by atoms with E-state index in [2.05, 4.69) is 10.3 Å². The summed E-state index contributed by atoms with van der Waals surface area (Å²) >= 11 is 0. The van der Waals surface area contributed by atoms with Gasteiger partial charge in [0.25, 0.3) is 0 Å². The summed E-state index contributed by atoms with van der Waals surface area (Å²) in [6.45, 7) is 1.09. The number of aliphatic hydroxyl groups excluding tert-OH is 1.